The minimum Gasteiger partial charge on any atom is -0.479 e. The van der Waals surface area contributed by atoms with Gasteiger partial charge in [-0.2, -0.15) is 5.26 Å². The van der Waals surface area contributed by atoms with E-state index in [1.165, 1.54) is 36.4 Å². The standard InChI is InChI=1S/C30H25NO10/c31-17-16-30(37,29(35)36)25-24(41-28(34)21-14-8-3-9-15-21)23(40-27(33)20-12-6-2-7-13-20)22(39-25)18-38-26(32)19-10-4-1-5-11-19/h1-15,22-25,37H,16,18H2,(H,35,36)/t22-,23-,24-,25-,30?/m1/s1. The molecule has 1 saturated heterocycles. The Bertz CT molecular complexity index is 1420. The zero-order valence-electron chi connectivity index (χ0n) is 21.5. The smallest absolute Gasteiger partial charge is 0.339 e. The van der Waals surface area contributed by atoms with Crippen molar-refractivity contribution in [1.29, 1.82) is 5.26 Å². The SMILES string of the molecule is N#CCC(O)(C(=O)O)[C@@H]1O[C@H](COC(=O)c2ccccc2)[C@@H](OC(=O)c2ccccc2)[C@H]1OC(=O)c1ccccc1. The molecule has 3 aromatic carbocycles. The number of carbonyl (C=O) groups excluding carboxylic acids is 3. The molecular weight excluding hydrogens is 534 g/mol. The summed E-state index contributed by atoms with van der Waals surface area (Å²) in [6.45, 7) is -0.571. The van der Waals surface area contributed by atoms with Crippen LogP contribution in [0, 0.1) is 11.3 Å². The highest BCUT2D eigenvalue weighted by Gasteiger charge is 2.61. The second-order valence-corrected chi connectivity index (χ2v) is 9.10. The van der Waals surface area contributed by atoms with Crippen molar-refractivity contribution >= 4 is 23.9 Å². The fourth-order valence-electron chi connectivity index (χ4n) is 4.28. The molecule has 0 spiro atoms. The molecule has 1 aliphatic rings. The number of benzene rings is 3. The molecular formula is C30H25NO10. The van der Waals surface area contributed by atoms with Crippen LogP contribution in [0.5, 0.6) is 0 Å². The van der Waals surface area contributed by atoms with E-state index >= 15 is 0 Å². The van der Waals surface area contributed by atoms with E-state index < -0.39 is 66.9 Å². The number of hydrogen-bond acceptors (Lipinski definition) is 10. The van der Waals surface area contributed by atoms with Crippen molar-refractivity contribution < 1.29 is 48.3 Å². The van der Waals surface area contributed by atoms with Crippen LogP contribution in [0.4, 0.5) is 0 Å². The lowest BCUT2D eigenvalue weighted by molar-refractivity contribution is -0.182. The molecule has 11 heteroatoms. The van der Waals surface area contributed by atoms with Crippen molar-refractivity contribution in [2.75, 3.05) is 6.61 Å². The Hall–Kier alpha value is -5.05. The molecule has 1 fully saturated rings. The van der Waals surface area contributed by atoms with E-state index in [-0.39, 0.29) is 16.7 Å². The van der Waals surface area contributed by atoms with Crippen LogP contribution in [0.3, 0.4) is 0 Å². The molecule has 0 aliphatic carbocycles. The van der Waals surface area contributed by atoms with E-state index in [1.807, 2.05) is 0 Å². The van der Waals surface area contributed by atoms with Crippen molar-refractivity contribution in [3.05, 3.63) is 108 Å². The van der Waals surface area contributed by atoms with Crippen molar-refractivity contribution in [3.63, 3.8) is 0 Å². The predicted octanol–water partition coefficient (Wildman–Crippen LogP) is 2.79. The van der Waals surface area contributed by atoms with Crippen molar-refractivity contribution in [2.45, 2.75) is 36.4 Å². The second-order valence-electron chi connectivity index (χ2n) is 9.10. The Labute approximate surface area is 234 Å². The first-order chi connectivity index (χ1) is 19.7. The zero-order chi connectivity index (χ0) is 29.4. The number of rotatable bonds is 10. The Morgan fingerprint density at radius 1 is 0.756 bits per heavy atom. The number of aliphatic carboxylic acids is 1. The topological polar surface area (TPSA) is 169 Å². The fraction of sp³-hybridized carbons (Fsp3) is 0.233. The lowest BCUT2D eigenvalue weighted by Gasteiger charge is -2.31. The molecule has 1 heterocycles. The largest absolute Gasteiger partial charge is 0.479 e. The first kappa shape index (κ1) is 28.9. The molecule has 3 aromatic rings. The first-order valence-corrected chi connectivity index (χ1v) is 12.5. The third-order valence-electron chi connectivity index (χ3n) is 6.39. The van der Waals surface area contributed by atoms with E-state index in [0.29, 0.717) is 0 Å². The normalized spacial score (nSPS) is 21.1. The van der Waals surface area contributed by atoms with E-state index in [9.17, 15) is 34.7 Å². The number of carbonyl (C=O) groups is 4. The molecule has 0 bridgehead atoms. The molecule has 4 rings (SSSR count). The van der Waals surface area contributed by atoms with Crippen LogP contribution >= 0.6 is 0 Å². The summed E-state index contributed by atoms with van der Waals surface area (Å²) < 4.78 is 22.4. The minimum atomic E-state index is -2.88. The van der Waals surface area contributed by atoms with Crippen LogP contribution in [-0.2, 0) is 23.7 Å². The number of ether oxygens (including phenoxy) is 4. The van der Waals surface area contributed by atoms with E-state index in [0.717, 1.165) is 0 Å². The van der Waals surface area contributed by atoms with Gasteiger partial charge >= 0.3 is 23.9 Å². The minimum absolute atomic E-state index is 0.0810. The van der Waals surface area contributed by atoms with Gasteiger partial charge in [0, 0.05) is 0 Å². The zero-order valence-corrected chi connectivity index (χ0v) is 21.5. The number of esters is 3. The monoisotopic (exact) mass is 559 g/mol. The molecule has 2 N–H and O–H groups in total. The summed E-state index contributed by atoms with van der Waals surface area (Å²) >= 11 is 0. The summed E-state index contributed by atoms with van der Waals surface area (Å²) in [5, 5.41) is 30.3. The molecule has 210 valence electrons. The Balaban J connectivity index is 1.70. The van der Waals surface area contributed by atoms with E-state index in [2.05, 4.69) is 0 Å². The van der Waals surface area contributed by atoms with Gasteiger partial charge in [0.2, 0.25) is 5.60 Å². The van der Waals surface area contributed by atoms with Crippen LogP contribution in [0.2, 0.25) is 0 Å². The average Bonchev–Trinajstić information content (AvgIpc) is 3.33. The first-order valence-electron chi connectivity index (χ1n) is 12.5. The maximum Gasteiger partial charge on any atom is 0.339 e. The number of nitrogens with zero attached hydrogens (tertiary/aromatic N) is 1. The second kappa shape index (κ2) is 12.9. The maximum absolute atomic E-state index is 13.1. The molecule has 0 saturated carbocycles. The van der Waals surface area contributed by atoms with Crippen molar-refractivity contribution in [1.82, 2.24) is 0 Å². The summed E-state index contributed by atoms with van der Waals surface area (Å²) in [5.41, 5.74) is -2.48. The molecule has 11 nitrogen and oxygen atoms in total. The van der Waals surface area contributed by atoms with Gasteiger partial charge < -0.3 is 29.2 Å². The third-order valence-corrected chi connectivity index (χ3v) is 6.39. The van der Waals surface area contributed by atoms with Gasteiger partial charge in [-0.05, 0) is 36.4 Å². The van der Waals surface area contributed by atoms with Crippen LogP contribution in [0.25, 0.3) is 0 Å². The van der Waals surface area contributed by atoms with Crippen molar-refractivity contribution in [3.8, 4) is 6.07 Å². The lowest BCUT2D eigenvalue weighted by Crippen LogP contribution is -2.56. The van der Waals surface area contributed by atoms with Gasteiger partial charge in [0.25, 0.3) is 0 Å². The number of carboxylic acid groups (broad SMARTS) is 1. The maximum atomic E-state index is 13.1. The predicted molar refractivity (Wildman–Crippen MR) is 139 cm³/mol. The number of nitriles is 1. The molecule has 0 aromatic heterocycles. The van der Waals surface area contributed by atoms with Gasteiger partial charge in [-0.25, -0.2) is 19.2 Å². The summed E-state index contributed by atoms with van der Waals surface area (Å²) in [6, 6.07) is 25.0. The van der Waals surface area contributed by atoms with Gasteiger partial charge in [0.15, 0.2) is 12.2 Å². The molecule has 0 amide bonds. The van der Waals surface area contributed by atoms with Gasteiger partial charge in [-0.3, -0.25) is 0 Å². The summed E-state index contributed by atoms with van der Waals surface area (Å²) in [5.74, 6) is -4.40. The Kier molecular flexibility index (Phi) is 9.08. The van der Waals surface area contributed by atoms with Gasteiger partial charge in [0.05, 0.1) is 29.2 Å². The Morgan fingerprint density at radius 3 is 1.63 bits per heavy atom. The number of carboxylic acids is 1. The summed E-state index contributed by atoms with van der Waals surface area (Å²) in [6.07, 6.45) is -7.50. The molecule has 1 aliphatic heterocycles. The molecule has 0 radical (unpaired) electrons. The molecule has 1 unspecified atom stereocenters. The van der Waals surface area contributed by atoms with Crippen LogP contribution in [-0.4, -0.2) is 70.7 Å². The molecule has 5 atom stereocenters. The van der Waals surface area contributed by atoms with Crippen LogP contribution in [0.15, 0.2) is 91.0 Å². The quantitative estimate of drug-likeness (QED) is 0.277. The van der Waals surface area contributed by atoms with E-state index in [1.54, 1.807) is 60.7 Å². The number of hydrogen-bond donors (Lipinski definition) is 2. The fourth-order valence-corrected chi connectivity index (χ4v) is 4.28. The Morgan fingerprint density at radius 2 is 1.20 bits per heavy atom. The van der Waals surface area contributed by atoms with Crippen LogP contribution in [0.1, 0.15) is 37.5 Å². The lowest BCUT2D eigenvalue weighted by atomic mass is 9.88. The van der Waals surface area contributed by atoms with Crippen molar-refractivity contribution in [2.24, 2.45) is 0 Å². The summed E-state index contributed by atoms with van der Waals surface area (Å²) in [7, 11) is 0. The van der Waals surface area contributed by atoms with E-state index in [4.69, 9.17) is 18.9 Å². The van der Waals surface area contributed by atoms with Gasteiger partial charge in [0.1, 0.15) is 18.8 Å². The van der Waals surface area contributed by atoms with Gasteiger partial charge in [-0.15, -0.1) is 0 Å². The van der Waals surface area contributed by atoms with Gasteiger partial charge in [-0.1, -0.05) is 54.6 Å². The molecule has 41 heavy (non-hydrogen) atoms. The highest BCUT2D eigenvalue weighted by Crippen LogP contribution is 2.36. The third kappa shape index (κ3) is 6.58. The summed E-state index contributed by atoms with van der Waals surface area (Å²) in [4.78, 5) is 50.9. The highest BCUT2D eigenvalue weighted by molar-refractivity contribution is 5.91. The van der Waals surface area contributed by atoms with Crippen LogP contribution < -0.4 is 0 Å². The average molecular weight is 560 g/mol. The number of aliphatic hydroxyl groups is 1. The highest BCUT2D eigenvalue weighted by atomic mass is 16.7.